The van der Waals surface area contributed by atoms with Crippen LogP contribution in [0.1, 0.15) is 29.2 Å². The van der Waals surface area contributed by atoms with Gasteiger partial charge in [-0.15, -0.1) is 0 Å². The summed E-state index contributed by atoms with van der Waals surface area (Å²) in [6.45, 7) is 1.59. The summed E-state index contributed by atoms with van der Waals surface area (Å²) in [5.74, 6) is -0.0272. The molecule has 1 atom stereocenters. The van der Waals surface area contributed by atoms with Crippen molar-refractivity contribution in [3.8, 4) is 0 Å². The molecule has 3 nitrogen and oxygen atoms in total. The van der Waals surface area contributed by atoms with Crippen LogP contribution in [0.5, 0.6) is 0 Å². The van der Waals surface area contributed by atoms with Gasteiger partial charge in [-0.25, -0.2) is 5.01 Å². The molecule has 36 heavy (non-hydrogen) atoms. The summed E-state index contributed by atoms with van der Waals surface area (Å²) in [5, 5.41) is 7.46. The second-order valence-electron chi connectivity index (χ2n) is 8.64. The molecule has 0 saturated carbocycles. The van der Waals surface area contributed by atoms with E-state index >= 15 is 0 Å². The van der Waals surface area contributed by atoms with Crippen molar-refractivity contribution in [1.29, 1.82) is 0 Å². The minimum atomic E-state index is -0.654. The molecule has 7 heteroatoms. The van der Waals surface area contributed by atoms with Gasteiger partial charge in [0.25, 0.3) is 0 Å². The molecule has 178 valence electrons. The molecule has 2 heterocycles. The zero-order valence-electron chi connectivity index (χ0n) is 19.2. The first-order valence-corrected chi connectivity index (χ1v) is 14.6. The SMILES string of the molecule is CC(=O)C1=NN(c2ccccc2)[C@@]2(S1)SC(c1ccc(Br)cc1)(c1ccc(Br)cc1)c1ccccc12. The Kier molecular flexibility index (Phi) is 6.15. The molecule has 0 aliphatic carbocycles. The lowest BCUT2D eigenvalue weighted by atomic mass is 9.82. The zero-order chi connectivity index (χ0) is 24.9. The third-order valence-corrected chi connectivity index (χ3v) is 10.9. The molecule has 2 aliphatic rings. The van der Waals surface area contributed by atoms with E-state index < -0.39 is 8.95 Å². The highest BCUT2D eigenvalue weighted by Crippen LogP contribution is 2.70. The Hall–Kier alpha value is -2.32. The van der Waals surface area contributed by atoms with Crippen molar-refractivity contribution in [1.82, 2.24) is 0 Å². The monoisotopic (exact) mass is 634 g/mol. The molecule has 0 aromatic heterocycles. The maximum Gasteiger partial charge on any atom is 0.187 e. The Labute approximate surface area is 235 Å². The lowest BCUT2D eigenvalue weighted by Crippen LogP contribution is -2.34. The van der Waals surface area contributed by atoms with Crippen LogP contribution in [-0.4, -0.2) is 10.8 Å². The molecule has 4 aromatic rings. The molecular formula is C29H20Br2N2OS2. The number of benzene rings is 4. The molecule has 6 rings (SSSR count). The number of ketones is 1. The number of nitrogens with zero attached hydrogens (tertiary/aromatic N) is 2. The number of anilines is 1. The van der Waals surface area contributed by atoms with Crippen LogP contribution in [0.25, 0.3) is 0 Å². The molecule has 0 N–H and O–H groups in total. The second kappa shape index (κ2) is 9.21. The van der Waals surface area contributed by atoms with Gasteiger partial charge in [-0.1, -0.05) is 122 Å². The molecule has 0 saturated heterocycles. The van der Waals surface area contributed by atoms with Gasteiger partial charge in [0, 0.05) is 21.4 Å². The van der Waals surface area contributed by atoms with Crippen molar-refractivity contribution < 1.29 is 4.79 Å². The highest BCUT2D eigenvalue weighted by Gasteiger charge is 2.61. The van der Waals surface area contributed by atoms with Gasteiger partial charge in [0.05, 0.1) is 10.4 Å². The molecule has 1 spiro atoms. The van der Waals surface area contributed by atoms with Crippen molar-refractivity contribution in [3.63, 3.8) is 0 Å². The van der Waals surface area contributed by atoms with Gasteiger partial charge < -0.3 is 0 Å². The summed E-state index contributed by atoms with van der Waals surface area (Å²) in [6.07, 6.45) is 0. The summed E-state index contributed by atoms with van der Waals surface area (Å²) in [4.78, 5) is 12.7. The predicted molar refractivity (Wildman–Crippen MR) is 159 cm³/mol. The van der Waals surface area contributed by atoms with E-state index in [4.69, 9.17) is 5.10 Å². The highest BCUT2D eigenvalue weighted by molar-refractivity contribution is 9.10. The summed E-state index contributed by atoms with van der Waals surface area (Å²) >= 11 is 10.6. The number of hydrazone groups is 1. The minimum absolute atomic E-state index is 0.0272. The Morgan fingerprint density at radius 3 is 1.83 bits per heavy atom. The van der Waals surface area contributed by atoms with Crippen molar-refractivity contribution in [2.24, 2.45) is 5.10 Å². The largest absolute Gasteiger partial charge is 0.292 e. The summed E-state index contributed by atoms with van der Waals surface area (Å²) in [6, 6.07) is 35.8. The first-order valence-electron chi connectivity index (χ1n) is 11.4. The maximum absolute atomic E-state index is 12.7. The maximum atomic E-state index is 12.7. The number of carbonyl (C=O) groups is 1. The minimum Gasteiger partial charge on any atom is -0.292 e. The molecular weight excluding hydrogens is 616 g/mol. The molecule has 0 radical (unpaired) electrons. The fourth-order valence-electron chi connectivity index (χ4n) is 4.87. The third-order valence-electron chi connectivity index (χ3n) is 6.45. The summed E-state index contributed by atoms with van der Waals surface area (Å²) in [5.41, 5.74) is 5.65. The molecule has 0 fully saturated rings. The molecule has 2 aliphatic heterocycles. The zero-order valence-corrected chi connectivity index (χ0v) is 24.0. The van der Waals surface area contributed by atoms with Crippen LogP contribution in [0.15, 0.2) is 117 Å². The van der Waals surface area contributed by atoms with E-state index in [9.17, 15) is 4.79 Å². The molecule has 0 unspecified atom stereocenters. The van der Waals surface area contributed by atoms with Crippen LogP contribution in [0.2, 0.25) is 0 Å². The fraction of sp³-hybridized carbons (Fsp3) is 0.103. The molecule has 4 aromatic carbocycles. The van der Waals surface area contributed by atoms with Crippen LogP contribution >= 0.6 is 55.4 Å². The van der Waals surface area contributed by atoms with Gasteiger partial charge in [0.15, 0.2) is 15.0 Å². The normalized spacial score (nSPS) is 19.9. The fourth-order valence-corrected chi connectivity index (χ4v) is 8.96. The van der Waals surface area contributed by atoms with E-state index in [2.05, 4.69) is 117 Å². The summed E-state index contributed by atoms with van der Waals surface area (Å²) in [7, 11) is 0. The number of rotatable bonds is 4. The van der Waals surface area contributed by atoms with Gasteiger partial charge >= 0.3 is 0 Å². The van der Waals surface area contributed by atoms with Gasteiger partial charge in [-0.2, -0.15) is 5.10 Å². The van der Waals surface area contributed by atoms with E-state index in [-0.39, 0.29) is 5.78 Å². The average molecular weight is 636 g/mol. The van der Waals surface area contributed by atoms with E-state index in [0.717, 1.165) is 20.2 Å². The topological polar surface area (TPSA) is 32.7 Å². The summed E-state index contributed by atoms with van der Waals surface area (Å²) < 4.78 is 0.900. The van der Waals surface area contributed by atoms with Crippen LogP contribution in [0.4, 0.5) is 5.69 Å². The van der Waals surface area contributed by atoms with E-state index in [0.29, 0.717) is 5.04 Å². The average Bonchev–Trinajstić information content (AvgIpc) is 3.43. The van der Waals surface area contributed by atoms with Crippen molar-refractivity contribution >= 4 is 71.9 Å². The molecule has 0 amide bonds. The van der Waals surface area contributed by atoms with Crippen molar-refractivity contribution in [2.75, 3.05) is 5.01 Å². The number of hydrogen-bond acceptors (Lipinski definition) is 5. The number of thioether (sulfide) groups is 2. The van der Waals surface area contributed by atoms with Gasteiger partial charge in [0.1, 0.15) is 0 Å². The van der Waals surface area contributed by atoms with Gasteiger partial charge in [0.2, 0.25) is 0 Å². The second-order valence-corrected chi connectivity index (χ2v) is 13.3. The number of fused-ring (bicyclic) bond motifs is 2. The Morgan fingerprint density at radius 2 is 1.28 bits per heavy atom. The quantitative estimate of drug-likeness (QED) is 0.225. The number of para-hydroxylation sites is 1. The lowest BCUT2D eigenvalue weighted by molar-refractivity contribution is -0.110. The third kappa shape index (κ3) is 3.71. The van der Waals surface area contributed by atoms with Crippen LogP contribution in [0, 0.1) is 0 Å². The van der Waals surface area contributed by atoms with E-state index in [1.807, 2.05) is 35.0 Å². The number of hydrogen-bond donors (Lipinski definition) is 0. The molecule has 0 bridgehead atoms. The Morgan fingerprint density at radius 1 is 0.750 bits per heavy atom. The highest BCUT2D eigenvalue weighted by atomic mass is 79.9. The standard InChI is InChI=1S/C29H20Br2N2OS2/c1-19(34)27-32-33(24-7-3-2-4-8-24)29(35-27)26-10-6-5-9-25(26)28(36-29,20-11-15-22(30)16-12-20)21-13-17-23(31)18-14-21/h2-18H,1H3/t29-/m0/s1. The predicted octanol–water partition coefficient (Wildman–Crippen LogP) is 8.52. The first kappa shape index (κ1) is 24.0. The Bertz CT molecular complexity index is 1440. The van der Waals surface area contributed by atoms with Crippen LogP contribution in [-0.2, 0) is 13.7 Å². The van der Waals surface area contributed by atoms with Crippen molar-refractivity contribution in [3.05, 3.63) is 134 Å². The van der Waals surface area contributed by atoms with Gasteiger partial charge in [-0.05, 0) is 53.1 Å². The van der Waals surface area contributed by atoms with Crippen LogP contribution in [0.3, 0.4) is 0 Å². The first-order chi connectivity index (χ1) is 17.4. The van der Waals surface area contributed by atoms with E-state index in [1.54, 1.807) is 18.7 Å². The lowest BCUT2D eigenvalue weighted by Gasteiger charge is -2.37. The van der Waals surface area contributed by atoms with Crippen LogP contribution < -0.4 is 5.01 Å². The van der Waals surface area contributed by atoms with Gasteiger partial charge in [-0.3, -0.25) is 4.79 Å². The van der Waals surface area contributed by atoms with Crippen molar-refractivity contribution in [2.45, 2.75) is 15.9 Å². The number of carbonyl (C=O) groups excluding carboxylic acids is 1. The van der Waals surface area contributed by atoms with E-state index in [1.165, 1.54) is 16.7 Å². The smallest absolute Gasteiger partial charge is 0.187 e. The number of halogens is 2. The number of Topliss-reactive ketones (excluding diaryl/α,β-unsaturated/α-hetero) is 1. The Balaban J connectivity index is 1.65.